The largest absolute Gasteiger partial charge is 0.378 e. The molecule has 138 valence electrons. The molecule has 2 atom stereocenters. The lowest BCUT2D eigenvalue weighted by molar-refractivity contribution is -0.383. The van der Waals surface area contributed by atoms with E-state index < -0.39 is 4.92 Å². The molecule has 3 N–H and O–H groups in total. The molecule has 0 radical (unpaired) electrons. The molecule has 1 saturated heterocycles. The van der Waals surface area contributed by atoms with E-state index in [0.29, 0.717) is 35.6 Å². The predicted molar refractivity (Wildman–Crippen MR) is 103 cm³/mol. The molecule has 26 heavy (non-hydrogen) atoms. The summed E-state index contributed by atoms with van der Waals surface area (Å²) in [6, 6.07) is 7.00. The fraction of sp³-hybridized carbons (Fsp3) is 0.412. The first kappa shape index (κ1) is 18.2. The van der Waals surface area contributed by atoms with Crippen molar-refractivity contribution in [2.24, 2.45) is 11.8 Å². The highest BCUT2D eigenvalue weighted by molar-refractivity contribution is 6.30. The van der Waals surface area contributed by atoms with Gasteiger partial charge >= 0.3 is 5.69 Å². The number of nitrogens with two attached hydrogens (primary N) is 1. The van der Waals surface area contributed by atoms with Gasteiger partial charge in [0.1, 0.15) is 0 Å². The van der Waals surface area contributed by atoms with Crippen LogP contribution in [0.25, 0.3) is 0 Å². The Morgan fingerprint density at radius 2 is 1.85 bits per heavy atom. The van der Waals surface area contributed by atoms with Crippen molar-refractivity contribution in [3.05, 3.63) is 39.4 Å². The Kier molecular flexibility index (Phi) is 5.13. The maximum absolute atomic E-state index is 11.5. The Balaban J connectivity index is 1.99. The van der Waals surface area contributed by atoms with Gasteiger partial charge in [-0.1, -0.05) is 25.4 Å². The molecule has 0 amide bonds. The predicted octanol–water partition coefficient (Wildman–Crippen LogP) is 3.85. The third-order valence-corrected chi connectivity index (χ3v) is 4.60. The summed E-state index contributed by atoms with van der Waals surface area (Å²) in [6.45, 7) is 5.65. The SMILES string of the molecule is C[C@@H]1C[C@@H](C)CN(c2nc(Nc3ccc(Cl)cc3)nc(N)c2[N+](=O)[O-])C1. The van der Waals surface area contributed by atoms with Gasteiger partial charge < -0.3 is 16.0 Å². The quantitative estimate of drug-likeness (QED) is 0.615. The number of piperidine rings is 1. The Morgan fingerprint density at radius 1 is 1.23 bits per heavy atom. The number of nitrogen functional groups attached to an aromatic ring is 1. The molecule has 3 rings (SSSR count). The fourth-order valence-electron chi connectivity index (χ4n) is 3.41. The molecule has 0 unspecified atom stereocenters. The summed E-state index contributed by atoms with van der Waals surface area (Å²) in [5.74, 6) is 1.17. The first-order chi connectivity index (χ1) is 12.3. The minimum atomic E-state index is -0.513. The lowest BCUT2D eigenvalue weighted by Gasteiger charge is -2.35. The summed E-state index contributed by atoms with van der Waals surface area (Å²) in [6.07, 6.45) is 1.08. The summed E-state index contributed by atoms with van der Waals surface area (Å²) < 4.78 is 0. The number of nitro groups is 1. The highest BCUT2D eigenvalue weighted by Gasteiger charge is 2.31. The second-order valence-electron chi connectivity index (χ2n) is 6.84. The standard InChI is InChI=1S/C17H21ClN6O2/c1-10-7-11(2)9-23(8-10)16-14(24(25)26)15(19)21-17(22-16)20-13-5-3-12(18)4-6-13/h3-6,10-11H,7-9H2,1-2H3,(H3,19,20,21,22)/t10-,11-/m1/s1. The van der Waals surface area contributed by atoms with E-state index >= 15 is 0 Å². The van der Waals surface area contributed by atoms with E-state index in [4.69, 9.17) is 17.3 Å². The fourth-order valence-corrected chi connectivity index (χ4v) is 3.54. The van der Waals surface area contributed by atoms with Gasteiger partial charge in [-0.3, -0.25) is 10.1 Å². The lowest BCUT2D eigenvalue weighted by atomic mass is 9.92. The summed E-state index contributed by atoms with van der Waals surface area (Å²) in [5, 5.41) is 15.2. The van der Waals surface area contributed by atoms with Crippen LogP contribution in [0.3, 0.4) is 0 Å². The minimum absolute atomic E-state index is 0.151. The third-order valence-electron chi connectivity index (χ3n) is 4.34. The Hall–Kier alpha value is -2.61. The third kappa shape index (κ3) is 3.96. The van der Waals surface area contributed by atoms with Crippen molar-refractivity contribution in [3.63, 3.8) is 0 Å². The zero-order chi connectivity index (χ0) is 18.8. The second-order valence-corrected chi connectivity index (χ2v) is 7.28. The van der Waals surface area contributed by atoms with E-state index in [-0.39, 0.29) is 23.3 Å². The molecule has 1 aromatic carbocycles. The lowest BCUT2D eigenvalue weighted by Crippen LogP contribution is -2.39. The topological polar surface area (TPSA) is 110 Å². The Labute approximate surface area is 156 Å². The van der Waals surface area contributed by atoms with Crippen LogP contribution >= 0.6 is 11.6 Å². The van der Waals surface area contributed by atoms with Crippen LogP contribution in [0.15, 0.2) is 24.3 Å². The van der Waals surface area contributed by atoms with Gasteiger partial charge in [0.15, 0.2) is 0 Å². The summed E-state index contributed by atoms with van der Waals surface area (Å²) >= 11 is 5.89. The van der Waals surface area contributed by atoms with Crippen molar-refractivity contribution in [2.75, 3.05) is 29.0 Å². The van der Waals surface area contributed by atoms with E-state index in [1.807, 2.05) is 4.90 Å². The molecule has 0 spiro atoms. The van der Waals surface area contributed by atoms with Crippen LogP contribution in [0.5, 0.6) is 0 Å². The van der Waals surface area contributed by atoms with Crippen LogP contribution in [-0.2, 0) is 0 Å². The van der Waals surface area contributed by atoms with Gasteiger partial charge in [-0.2, -0.15) is 9.97 Å². The second kappa shape index (κ2) is 7.33. The van der Waals surface area contributed by atoms with E-state index in [9.17, 15) is 10.1 Å². The number of rotatable bonds is 4. The van der Waals surface area contributed by atoms with Crippen molar-refractivity contribution in [1.29, 1.82) is 0 Å². The molecule has 1 aliphatic heterocycles. The van der Waals surface area contributed by atoms with E-state index in [0.717, 1.165) is 6.42 Å². The molecule has 8 nitrogen and oxygen atoms in total. The number of hydrogen-bond donors (Lipinski definition) is 2. The molecular formula is C17H21ClN6O2. The van der Waals surface area contributed by atoms with Crippen molar-refractivity contribution >= 4 is 40.6 Å². The number of hydrogen-bond acceptors (Lipinski definition) is 7. The van der Waals surface area contributed by atoms with Crippen LogP contribution in [-0.4, -0.2) is 28.0 Å². The van der Waals surface area contributed by atoms with Gasteiger partial charge in [0.25, 0.3) is 0 Å². The average molecular weight is 377 g/mol. The van der Waals surface area contributed by atoms with Gasteiger partial charge in [0.2, 0.25) is 17.6 Å². The van der Waals surface area contributed by atoms with Crippen molar-refractivity contribution in [3.8, 4) is 0 Å². The molecule has 1 aliphatic rings. The van der Waals surface area contributed by atoms with E-state index in [1.165, 1.54) is 0 Å². The molecule has 0 aliphatic carbocycles. The molecule has 2 heterocycles. The van der Waals surface area contributed by atoms with Gasteiger partial charge in [-0.25, -0.2) is 0 Å². The molecule has 1 aromatic heterocycles. The maximum atomic E-state index is 11.5. The minimum Gasteiger partial charge on any atom is -0.378 e. The molecule has 0 bridgehead atoms. The molecular weight excluding hydrogens is 356 g/mol. The van der Waals surface area contributed by atoms with E-state index in [1.54, 1.807) is 24.3 Å². The Morgan fingerprint density at radius 3 is 2.42 bits per heavy atom. The normalized spacial score (nSPS) is 20.0. The van der Waals surface area contributed by atoms with Gasteiger partial charge in [-0.05, 0) is 42.5 Å². The highest BCUT2D eigenvalue weighted by Crippen LogP contribution is 2.35. The van der Waals surface area contributed by atoms with Crippen LogP contribution in [0.4, 0.5) is 29.0 Å². The highest BCUT2D eigenvalue weighted by atomic mass is 35.5. The monoisotopic (exact) mass is 376 g/mol. The van der Waals surface area contributed by atoms with Crippen LogP contribution in [0.2, 0.25) is 5.02 Å². The molecule has 0 saturated carbocycles. The molecule has 2 aromatic rings. The van der Waals surface area contributed by atoms with Crippen molar-refractivity contribution in [1.82, 2.24) is 9.97 Å². The summed E-state index contributed by atoms with van der Waals surface area (Å²) in [5.41, 5.74) is 6.37. The number of halogens is 1. The number of benzene rings is 1. The Bertz CT molecular complexity index is 804. The van der Waals surface area contributed by atoms with Crippen LogP contribution in [0.1, 0.15) is 20.3 Å². The molecule has 9 heteroatoms. The van der Waals surface area contributed by atoms with Gasteiger partial charge in [0, 0.05) is 23.8 Å². The zero-order valence-corrected chi connectivity index (χ0v) is 15.4. The smallest absolute Gasteiger partial charge is 0.353 e. The summed E-state index contributed by atoms with van der Waals surface area (Å²) in [4.78, 5) is 21.4. The van der Waals surface area contributed by atoms with Crippen molar-refractivity contribution < 1.29 is 4.92 Å². The first-order valence-electron chi connectivity index (χ1n) is 8.43. The zero-order valence-electron chi connectivity index (χ0n) is 14.6. The molecule has 1 fully saturated rings. The van der Waals surface area contributed by atoms with Gasteiger partial charge in [-0.15, -0.1) is 0 Å². The summed E-state index contributed by atoms with van der Waals surface area (Å²) in [7, 11) is 0. The average Bonchev–Trinajstić information content (AvgIpc) is 2.55. The maximum Gasteiger partial charge on any atom is 0.353 e. The van der Waals surface area contributed by atoms with Crippen molar-refractivity contribution in [2.45, 2.75) is 20.3 Å². The van der Waals surface area contributed by atoms with Crippen LogP contribution < -0.4 is 16.0 Å². The first-order valence-corrected chi connectivity index (χ1v) is 8.80. The number of anilines is 4. The van der Waals surface area contributed by atoms with Crippen LogP contribution in [0, 0.1) is 22.0 Å². The number of aromatic nitrogens is 2. The van der Waals surface area contributed by atoms with E-state index in [2.05, 4.69) is 29.1 Å². The number of nitrogens with zero attached hydrogens (tertiary/aromatic N) is 4. The van der Waals surface area contributed by atoms with Gasteiger partial charge in [0.05, 0.1) is 4.92 Å². The number of nitrogens with one attached hydrogen (secondary N) is 1.